The van der Waals surface area contributed by atoms with Gasteiger partial charge in [0.1, 0.15) is 0 Å². The molecule has 0 aliphatic heterocycles. The second-order valence-electron chi connectivity index (χ2n) is 7.58. The van der Waals surface area contributed by atoms with Gasteiger partial charge in [0.15, 0.2) is 0 Å². The van der Waals surface area contributed by atoms with E-state index in [-0.39, 0.29) is 11.3 Å². The van der Waals surface area contributed by atoms with Gasteiger partial charge in [-0.2, -0.15) is 5.26 Å². The standard InChI is InChI=1S/C23H29N3O4S/c24-17-20-9-12-22(13-10-20)31(29,30)26-16-2-1-5-19(11-14-23(27)28)6-3-7-21-8-4-15-25-18-21/h4,8-10,12-13,15,18-19,26H,1-3,5-7,11,14,16H2,(H,27,28). The van der Waals surface area contributed by atoms with Crippen LogP contribution in [-0.4, -0.2) is 31.0 Å². The molecule has 1 atom stereocenters. The first-order chi connectivity index (χ1) is 14.9. The van der Waals surface area contributed by atoms with Crippen molar-refractivity contribution in [2.24, 2.45) is 5.92 Å². The van der Waals surface area contributed by atoms with Crippen molar-refractivity contribution in [1.29, 1.82) is 5.26 Å². The van der Waals surface area contributed by atoms with E-state index in [0.29, 0.717) is 30.9 Å². The summed E-state index contributed by atoms with van der Waals surface area (Å²) in [6.45, 7) is 0.323. The number of unbranched alkanes of at least 4 members (excludes halogenated alkanes) is 1. The van der Waals surface area contributed by atoms with Crippen LogP contribution in [-0.2, 0) is 21.2 Å². The van der Waals surface area contributed by atoms with E-state index in [1.165, 1.54) is 29.8 Å². The average molecular weight is 444 g/mol. The summed E-state index contributed by atoms with van der Waals surface area (Å²) in [5.74, 6) is -0.477. The minimum atomic E-state index is -3.60. The Kier molecular flexibility index (Phi) is 10.1. The van der Waals surface area contributed by atoms with Crippen LogP contribution >= 0.6 is 0 Å². The lowest BCUT2D eigenvalue weighted by Crippen LogP contribution is -2.24. The van der Waals surface area contributed by atoms with E-state index < -0.39 is 16.0 Å². The van der Waals surface area contributed by atoms with Crippen LogP contribution in [0.2, 0.25) is 0 Å². The van der Waals surface area contributed by atoms with Crippen LogP contribution in [0.5, 0.6) is 0 Å². The zero-order valence-corrected chi connectivity index (χ0v) is 18.4. The van der Waals surface area contributed by atoms with Crippen molar-refractivity contribution in [1.82, 2.24) is 9.71 Å². The molecule has 0 fully saturated rings. The van der Waals surface area contributed by atoms with Crippen LogP contribution in [0.3, 0.4) is 0 Å². The molecule has 166 valence electrons. The molecular formula is C23H29N3O4S. The summed E-state index contributed by atoms with van der Waals surface area (Å²) in [5, 5.41) is 17.8. The van der Waals surface area contributed by atoms with Gasteiger partial charge in [0.25, 0.3) is 0 Å². The third-order valence-electron chi connectivity index (χ3n) is 5.19. The van der Waals surface area contributed by atoms with Crippen molar-refractivity contribution in [3.05, 3.63) is 59.9 Å². The van der Waals surface area contributed by atoms with Crippen molar-refractivity contribution in [3.63, 3.8) is 0 Å². The number of hydrogen-bond donors (Lipinski definition) is 2. The number of carboxylic acid groups (broad SMARTS) is 1. The molecule has 0 saturated heterocycles. The van der Waals surface area contributed by atoms with E-state index in [2.05, 4.69) is 9.71 Å². The Morgan fingerprint density at radius 3 is 2.48 bits per heavy atom. The van der Waals surface area contributed by atoms with Crippen molar-refractivity contribution >= 4 is 16.0 Å². The number of nitrogens with zero attached hydrogens (tertiary/aromatic N) is 2. The first-order valence-corrected chi connectivity index (χ1v) is 12.0. The molecule has 31 heavy (non-hydrogen) atoms. The summed E-state index contributed by atoms with van der Waals surface area (Å²) in [4.78, 5) is 15.2. The topological polar surface area (TPSA) is 120 Å². The highest BCUT2D eigenvalue weighted by atomic mass is 32.2. The maximum absolute atomic E-state index is 12.3. The van der Waals surface area contributed by atoms with Gasteiger partial charge in [-0.25, -0.2) is 13.1 Å². The normalized spacial score (nSPS) is 12.2. The monoisotopic (exact) mass is 443 g/mol. The summed E-state index contributed by atoms with van der Waals surface area (Å²) < 4.78 is 27.2. The van der Waals surface area contributed by atoms with Crippen LogP contribution in [0.4, 0.5) is 0 Å². The first kappa shape index (κ1) is 24.5. The molecule has 2 rings (SSSR count). The molecule has 0 aliphatic carbocycles. The van der Waals surface area contributed by atoms with E-state index >= 15 is 0 Å². The molecule has 1 unspecified atom stereocenters. The summed E-state index contributed by atoms with van der Waals surface area (Å²) in [6.07, 6.45) is 9.61. The number of aromatic nitrogens is 1. The van der Waals surface area contributed by atoms with Crippen molar-refractivity contribution in [2.45, 2.75) is 56.3 Å². The van der Waals surface area contributed by atoms with Crippen molar-refractivity contribution in [3.8, 4) is 6.07 Å². The highest BCUT2D eigenvalue weighted by molar-refractivity contribution is 7.89. The number of carboxylic acids is 1. The highest BCUT2D eigenvalue weighted by Crippen LogP contribution is 2.22. The van der Waals surface area contributed by atoms with Gasteiger partial charge < -0.3 is 5.11 Å². The average Bonchev–Trinajstić information content (AvgIpc) is 2.77. The van der Waals surface area contributed by atoms with Gasteiger partial charge in [0.05, 0.1) is 16.5 Å². The van der Waals surface area contributed by atoms with E-state index in [0.717, 1.165) is 32.1 Å². The minimum absolute atomic E-state index is 0.140. The lowest BCUT2D eigenvalue weighted by Gasteiger charge is -2.16. The quantitative estimate of drug-likeness (QED) is 0.427. The summed E-state index contributed by atoms with van der Waals surface area (Å²) in [6, 6.07) is 11.7. The Labute approximate surface area is 184 Å². The number of carbonyl (C=O) groups is 1. The largest absolute Gasteiger partial charge is 0.481 e. The molecule has 1 aromatic heterocycles. The number of nitrogens with one attached hydrogen (secondary N) is 1. The van der Waals surface area contributed by atoms with Crippen LogP contribution in [0.25, 0.3) is 0 Å². The summed E-state index contributed by atoms with van der Waals surface area (Å²) in [7, 11) is -3.60. The lowest BCUT2D eigenvalue weighted by molar-refractivity contribution is -0.137. The van der Waals surface area contributed by atoms with Gasteiger partial charge in [-0.1, -0.05) is 25.3 Å². The highest BCUT2D eigenvalue weighted by Gasteiger charge is 2.14. The maximum atomic E-state index is 12.3. The number of rotatable bonds is 14. The Hall–Kier alpha value is -2.76. The number of aryl methyl sites for hydroxylation is 1. The van der Waals surface area contributed by atoms with Crippen molar-refractivity contribution in [2.75, 3.05) is 6.54 Å². The first-order valence-electron chi connectivity index (χ1n) is 10.5. The number of benzene rings is 1. The van der Waals surface area contributed by atoms with Crippen LogP contribution in [0, 0.1) is 17.2 Å². The summed E-state index contributed by atoms with van der Waals surface area (Å²) in [5.41, 5.74) is 1.59. The molecule has 1 heterocycles. The second kappa shape index (κ2) is 12.8. The summed E-state index contributed by atoms with van der Waals surface area (Å²) >= 11 is 0. The van der Waals surface area contributed by atoms with Gasteiger partial charge >= 0.3 is 5.97 Å². The van der Waals surface area contributed by atoms with E-state index in [1.54, 1.807) is 6.20 Å². The Morgan fingerprint density at radius 1 is 1.10 bits per heavy atom. The molecule has 0 amide bonds. The van der Waals surface area contributed by atoms with E-state index in [1.807, 2.05) is 24.4 Å². The SMILES string of the molecule is N#Cc1ccc(S(=O)(=O)NCCCCC(CCCc2cccnc2)CCC(=O)O)cc1. The number of hydrogen-bond acceptors (Lipinski definition) is 5. The lowest BCUT2D eigenvalue weighted by atomic mass is 9.91. The Balaban J connectivity index is 1.74. The molecular weight excluding hydrogens is 414 g/mol. The minimum Gasteiger partial charge on any atom is -0.481 e. The van der Waals surface area contributed by atoms with Gasteiger partial charge in [0.2, 0.25) is 10.0 Å². The Bertz CT molecular complexity index is 955. The maximum Gasteiger partial charge on any atom is 0.303 e. The van der Waals surface area contributed by atoms with Gasteiger partial charge in [0, 0.05) is 25.4 Å². The smallest absolute Gasteiger partial charge is 0.303 e. The van der Waals surface area contributed by atoms with E-state index in [4.69, 9.17) is 10.4 Å². The predicted molar refractivity (Wildman–Crippen MR) is 118 cm³/mol. The molecule has 7 nitrogen and oxygen atoms in total. The second-order valence-corrected chi connectivity index (χ2v) is 9.35. The van der Waals surface area contributed by atoms with Gasteiger partial charge in [-0.3, -0.25) is 9.78 Å². The predicted octanol–water partition coefficient (Wildman–Crippen LogP) is 3.91. The van der Waals surface area contributed by atoms with Crippen LogP contribution in [0.15, 0.2) is 53.7 Å². The molecule has 0 aliphatic rings. The fourth-order valence-electron chi connectivity index (χ4n) is 3.46. The fraction of sp³-hybridized carbons (Fsp3) is 0.435. The Morgan fingerprint density at radius 2 is 1.84 bits per heavy atom. The fourth-order valence-corrected chi connectivity index (χ4v) is 4.53. The number of pyridine rings is 1. The molecule has 0 radical (unpaired) electrons. The molecule has 1 aromatic carbocycles. The molecule has 2 aromatic rings. The molecule has 0 bridgehead atoms. The zero-order valence-electron chi connectivity index (χ0n) is 17.5. The molecule has 2 N–H and O–H groups in total. The van der Waals surface area contributed by atoms with Gasteiger partial charge in [-0.05, 0) is 67.5 Å². The molecule has 0 spiro atoms. The van der Waals surface area contributed by atoms with Crippen LogP contribution in [0.1, 0.15) is 56.1 Å². The van der Waals surface area contributed by atoms with Crippen LogP contribution < -0.4 is 4.72 Å². The number of nitriles is 1. The zero-order chi connectivity index (χ0) is 22.5. The molecule has 0 saturated carbocycles. The third kappa shape index (κ3) is 9.28. The molecule has 8 heteroatoms. The number of sulfonamides is 1. The van der Waals surface area contributed by atoms with Gasteiger partial charge in [-0.15, -0.1) is 0 Å². The van der Waals surface area contributed by atoms with E-state index in [9.17, 15) is 13.2 Å². The number of aliphatic carboxylic acids is 1. The van der Waals surface area contributed by atoms with Crippen molar-refractivity contribution < 1.29 is 18.3 Å². The third-order valence-corrected chi connectivity index (χ3v) is 6.67.